The molecule has 41 heavy (non-hydrogen) atoms. The maximum absolute atomic E-state index is 11.9. The third-order valence-corrected chi connectivity index (χ3v) is 5.80. The summed E-state index contributed by atoms with van der Waals surface area (Å²) >= 11 is 6.46. The van der Waals surface area contributed by atoms with Gasteiger partial charge in [0.2, 0.25) is 0 Å². The zero-order valence-electron chi connectivity index (χ0n) is 21.2. The van der Waals surface area contributed by atoms with Crippen LogP contribution < -0.4 is 0 Å². The molecule has 0 aliphatic rings. The van der Waals surface area contributed by atoms with Crippen molar-refractivity contribution in [2.75, 3.05) is 0 Å². The predicted molar refractivity (Wildman–Crippen MR) is 146 cm³/mol. The van der Waals surface area contributed by atoms with Crippen molar-refractivity contribution in [3.05, 3.63) is 78.4 Å². The summed E-state index contributed by atoms with van der Waals surface area (Å²) in [5.41, 5.74) is 6.43. The second kappa shape index (κ2) is 14.7. The van der Waals surface area contributed by atoms with Crippen LogP contribution in [0.25, 0.3) is 22.3 Å². The first kappa shape index (κ1) is 36.7. The maximum atomic E-state index is 11.9. The van der Waals surface area contributed by atoms with Gasteiger partial charge in [0.15, 0.2) is 0 Å². The van der Waals surface area contributed by atoms with Crippen LogP contribution in [0.2, 0.25) is 0 Å². The van der Waals surface area contributed by atoms with Gasteiger partial charge >= 0.3 is 23.3 Å². The van der Waals surface area contributed by atoms with Crippen LogP contribution in [0.3, 0.4) is 0 Å². The molecule has 0 spiro atoms. The highest BCUT2D eigenvalue weighted by Gasteiger charge is 2.81. The molecular formula is C26H25F9O3S3. The lowest BCUT2D eigenvalue weighted by Crippen LogP contribution is -2.59. The lowest BCUT2D eigenvalue weighted by Gasteiger charge is -2.30. The monoisotopic (exact) mass is 652 g/mol. The van der Waals surface area contributed by atoms with E-state index in [1.54, 1.807) is 12.6 Å². The molecule has 0 atom stereocenters. The second-order valence-electron chi connectivity index (χ2n) is 8.75. The smallest absolute Gasteiger partial charge is 0.288 e. The Balaban J connectivity index is 0.000000400. The molecule has 0 saturated heterocycles. The molecule has 0 saturated carbocycles. The van der Waals surface area contributed by atoms with Gasteiger partial charge in [0.1, 0.15) is 0 Å². The van der Waals surface area contributed by atoms with Crippen LogP contribution in [-0.4, -0.2) is 36.2 Å². The van der Waals surface area contributed by atoms with Crippen molar-refractivity contribution in [2.45, 2.75) is 48.4 Å². The van der Waals surface area contributed by atoms with Crippen LogP contribution in [0, 0.1) is 5.92 Å². The minimum Gasteiger partial charge on any atom is -0.288 e. The van der Waals surface area contributed by atoms with E-state index >= 15 is 0 Å². The topological polar surface area (TPSA) is 54.4 Å². The highest BCUT2D eigenvalue weighted by Crippen LogP contribution is 2.54. The third kappa shape index (κ3) is 9.86. The standard InChI is InChI=1S/C22H22S.C4HF9S.H2O3S/c1-16(2)15-19-13-14-20(23)22(18-11-7-4-8-12-18)21(19)17-9-5-3-6-10-17;5-1(6,3(9,10)11)2(7,8)4(12,13)14;1-4(2)3/h3-14,16,23H,15H2,1-2H3;14H;4H,(H,1,2,3). The molecular weight excluding hydrogens is 627 g/mol. The van der Waals surface area contributed by atoms with Crippen LogP contribution >= 0.6 is 25.3 Å². The second-order valence-corrected chi connectivity index (χ2v) is 10.3. The van der Waals surface area contributed by atoms with Crippen LogP contribution in [0.5, 0.6) is 0 Å². The lowest BCUT2D eigenvalue weighted by atomic mass is 9.87. The molecule has 0 bridgehead atoms. The normalized spacial score (nSPS) is 12.4. The Hall–Kier alpha value is -2.36. The minimum absolute atomic E-state index is 0.617. The van der Waals surface area contributed by atoms with Crippen molar-refractivity contribution in [1.82, 2.24) is 0 Å². The molecule has 3 nitrogen and oxygen atoms in total. The van der Waals surface area contributed by atoms with Gasteiger partial charge in [0.05, 0.1) is 0 Å². The number of halogens is 9. The van der Waals surface area contributed by atoms with Crippen molar-refractivity contribution >= 4 is 36.2 Å². The molecule has 3 aromatic rings. The molecule has 0 aromatic heterocycles. The number of hydrogen-bond donors (Lipinski definition) is 4. The van der Waals surface area contributed by atoms with Crippen LogP contribution in [-0.2, 0) is 17.4 Å². The Kier molecular flexibility index (Phi) is 13.1. The highest BCUT2D eigenvalue weighted by molar-refractivity contribution is 7.81. The Bertz CT molecular complexity index is 1290. The largest absolute Gasteiger partial charge is 0.460 e. The summed E-state index contributed by atoms with van der Waals surface area (Å²) in [5.74, 6) is -12.8. The van der Waals surface area contributed by atoms with Gasteiger partial charge in [-0.1, -0.05) is 93.2 Å². The number of hydrogen-bond acceptors (Lipinski definition) is 4. The molecule has 0 aliphatic heterocycles. The van der Waals surface area contributed by atoms with E-state index in [-0.39, 0.29) is 0 Å². The summed E-state index contributed by atoms with van der Waals surface area (Å²) < 4.78 is 129. The summed E-state index contributed by atoms with van der Waals surface area (Å²) in [6, 6.07) is 25.6. The van der Waals surface area contributed by atoms with Gasteiger partial charge in [-0.25, -0.2) is 8.42 Å². The summed E-state index contributed by atoms with van der Waals surface area (Å²) in [6.07, 6.45) is -5.71. The van der Waals surface area contributed by atoms with Crippen LogP contribution in [0.4, 0.5) is 39.5 Å². The Morgan fingerprint density at radius 1 is 0.707 bits per heavy atom. The van der Waals surface area contributed by atoms with E-state index in [1.165, 1.54) is 27.8 Å². The van der Waals surface area contributed by atoms with Gasteiger partial charge < -0.3 is 0 Å². The summed E-state index contributed by atoms with van der Waals surface area (Å²) in [5, 5.41) is -5.77. The number of thiol groups is 3. The van der Waals surface area contributed by atoms with Gasteiger partial charge in [-0.2, -0.15) is 39.5 Å². The summed E-state index contributed by atoms with van der Waals surface area (Å²) in [4.78, 5) is 1.03. The molecule has 0 aliphatic carbocycles. The van der Waals surface area contributed by atoms with Gasteiger partial charge in [0.25, 0.3) is 11.0 Å². The van der Waals surface area contributed by atoms with E-state index < -0.39 is 34.3 Å². The zero-order valence-corrected chi connectivity index (χ0v) is 23.9. The first-order valence-electron chi connectivity index (χ1n) is 11.4. The molecule has 0 amide bonds. The SMILES string of the molecule is CC(C)Cc1ccc(S)c(-c2ccccc2)c1-c1ccccc1.FC(F)(F)C(F)(F)C(F)(F)C(F)(F)S.O=[SH](=O)O. The Labute approximate surface area is 243 Å². The van der Waals surface area contributed by atoms with Crippen LogP contribution in [0.15, 0.2) is 77.7 Å². The van der Waals surface area contributed by atoms with E-state index in [1.807, 2.05) is 0 Å². The molecule has 0 unspecified atom stereocenters. The highest BCUT2D eigenvalue weighted by atomic mass is 32.2. The average Bonchev–Trinajstić information content (AvgIpc) is 2.84. The van der Waals surface area contributed by atoms with Crippen molar-refractivity contribution in [1.29, 1.82) is 0 Å². The molecule has 3 aromatic carbocycles. The quantitative estimate of drug-likeness (QED) is 0.122. The number of rotatable bonds is 6. The fourth-order valence-corrected chi connectivity index (χ4v) is 3.90. The summed E-state index contributed by atoms with van der Waals surface area (Å²) in [7, 11) is -3.12. The molecule has 228 valence electrons. The predicted octanol–water partition coefficient (Wildman–Crippen LogP) is 8.92. The zero-order chi connectivity index (χ0) is 31.8. The van der Waals surface area contributed by atoms with Crippen molar-refractivity contribution < 1.29 is 52.5 Å². The Morgan fingerprint density at radius 3 is 1.41 bits per heavy atom. The molecule has 1 N–H and O–H groups in total. The third-order valence-electron chi connectivity index (χ3n) is 5.15. The Morgan fingerprint density at radius 2 is 1.10 bits per heavy atom. The molecule has 15 heteroatoms. The van der Waals surface area contributed by atoms with Crippen molar-refractivity contribution in [3.8, 4) is 22.3 Å². The van der Waals surface area contributed by atoms with E-state index in [0.717, 1.165) is 11.3 Å². The lowest BCUT2D eigenvalue weighted by molar-refractivity contribution is -0.380. The molecule has 0 fully saturated rings. The van der Waals surface area contributed by atoms with E-state index in [0.29, 0.717) is 5.92 Å². The molecule has 0 radical (unpaired) electrons. The van der Waals surface area contributed by atoms with E-state index in [9.17, 15) is 39.5 Å². The van der Waals surface area contributed by atoms with E-state index in [2.05, 4.69) is 86.6 Å². The number of alkyl halides is 9. The first-order chi connectivity index (χ1) is 18.6. The fourth-order valence-electron chi connectivity index (χ4n) is 3.44. The van der Waals surface area contributed by atoms with Gasteiger partial charge in [-0.15, -0.1) is 12.6 Å². The van der Waals surface area contributed by atoms with Crippen molar-refractivity contribution in [2.24, 2.45) is 5.92 Å². The average molecular weight is 653 g/mol. The van der Waals surface area contributed by atoms with Crippen LogP contribution in [0.1, 0.15) is 19.4 Å². The summed E-state index contributed by atoms with van der Waals surface area (Å²) in [6.45, 7) is 4.54. The first-order valence-corrected chi connectivity index (χ1v) is 13.4. The van der Waals surface area contributed by atoms with Gasteiger partial charge in [-0.05, 0) is 40.7 Å². The van der Waals surface area contributed by atoms with Gasteiger partial charge in [-0.3, -0.25) is 4.55 Å². The number of benzene rings is 3. The van der Waals surface area contributed by atoms with Gasteiger partial charge in [0, 0.05) is 10.5 Å². The molecule has 0 heterocycles. The van der Waals surface area contributed by atoms with E-state index in [4.69, 9.17) is 25.6 Å². The fraction of sp³-hybridized carbons (Fsp3) is 0.308. The van der Waals surface area contributed by atoms with Crippen molar-refractivity contribution in [3.63, 3.8) is 0 Å². The molecule has 3 rings (SSSR count). The maximum Gasteiger partial charge on any atom is 0.460 e. The minimum atomic E-state index is -6.84.